The molecule has 0 atom stereocenters. The van der Waals surface area contributed by atoms with Gasteiger partial charge in [-0.2, -0.15) is 0 Å². The molecular formula is C10H12O4. The third-order valence-electron chi connectivity index (χ3n) is 1.92. The standard InChI is InChI=1S/C10H12O4/c1-5(2)9(11)8-4-7(10(12)13)6(3)14-8/h4-5H,1-3H3,(H,12,13). The normalized spacial score (nSPS) is 10.6. The van der Waals surface area contributed by atoms with Gasteiger partial charge in [-0.1, -0.05) is 13.8 Å². The van der Waals surface area contributed by atoms with E-state index in [-0.39, 0.29) is 28.8 Å². The maximum absolute atomic E-state index is 11.4. The summed E-state index contributed by atoms with van der Waals surface area (Å²) in [6.07, 6.45) is 0. The van der Waals surface area contributed by atoms with Crippen molar-refractivity contribution in [1.29, 1.82) is 0 Å². The molecule has 1 aromatic rings. The van der Waals surface area contributed by atoms with Crippen molar-refractivity contribution in [3.63, 3.8) is 0 Å². The lowest BCUT2D eigenvalue weighted by molar-refractivity contribution is 0.0694. The molecule has 0 amide bonds. The molecule has 1 rings (SSSR count). The summed E-state index contributed by atoms with van der Waals surface area (Å²) in [5.41, 5.74) is 0.0500. The summed E-state index contributed by atoms with van der Waals surface area (Å²) in [6, 6.07) is 1.28. The zero-order valence-corrected chi connectivity index (χ0v) is 8.33. The fourth-order valence-electron chi connectivity index (χ4n) is 1.10. The predicted octanol–water partition coefficient (Wildman–Crippen LogP) is 2.12. The molecule has 1 N–H and O–H groups in total. The summed E-state index contributed by atoms with van der Waals surface area (Å²) in [5.74, 6) is -1.06. The van der Waals surface area contributed by atoms with Crippen LogP contribution >= 0.6 is 0 Å². The fraction of sp³-hybridized carbons (Fsp3) is 0.400. The van der Waals surface area contributed by atoms with Crippen molar-refractivity contribution >= 4 is 11.8 Å². The molecule has 14 heavy (non-hydrogen) atoms. The van der Waals surface area contributed by atoms with Crippen LogP contribution in [-0.2, 0) is 0 Å². The lowest BCUT2D eigenvalue weighted by atomic mass is 10.1. The van der Waals surface area contributed by atoms with Crippen LogP contribution in [-0.4, -0.2) is 16.9 Å². The number of hydrogen-bond acceptors (Lipinski definition) is 3. The highest BCUT2D eigenvalue weighted by molar-refractivity contribution is 5.98. The first kappa shape index (κ1) is 10.5. The average molecular weight is 196 g/mol. The molecule has 4 heteroatoms. The van der Waals surface area contributed by atoms with Gasteiger partial charge < -0.3 is 9.52 Å². The van der Waals surface area contributed by atoms with E-state index < -0.39 is 5.97 Å². The Morgan fingerprint density at radius 1 is 1.43 bits per heavy atom. The van der Waals surface area contributed by atoms with E-state index in [1.54, 1.807) is 13.8 Å². The zero-order chi connectivity index (χ0) is 10.9. The minimum absolute atomic E-state index is 0.0500. The van der Waals surface area contributed by atoms with E-state index in [1.165, 1.54) is 13.0 Å². The van der Waals surface area contributed by atoms with Gasteiger partial charge in [-0.3, -0.25) is 4.79 Å². The van der Waals surface area contributed by atoms with Gasteiger partial charge in [0.1, 0.15) is 11.3 Å². The number of ketones is 1. The molecule has 0 saturated heterocycles. The summed E-state index contributed by atoms with van der Waals surface area (Å²) >= 11 is 0. The van der Waals surface area contributed by atoms with Gasteiger partial charge in [0.2, 0.25) is 5.78 Å². The number of carboxylic acids is 1. The first-order valence-corrected chi connectivity index (χ1v) is 4.31. The Balaban J connectivity index is 3.09. The maximum Gasteiger partial charge on any atom is 0.339 e. The second kappa shape index (κ2) is 3.65. The van der Waals surface area contributed by atoms with Crippen LogP contribution in [0.1, 0.15) is 40.5 Å². The Hall–Kier alpha value is -1.58. The zero-order valence-electron chi connectivity index (χ0n) is 8.33. The number of hydrogen-bond donors (Lipinski definition) is 1. The third-order valence-corrected chi connectivity index (χ3v) is 1.92. The van der Waals surface area contributed by atoms with E-state index >= 15 is 0 Å². The molecule has 0 saturated carbocycles. The SMILES string of the molecule is Cc1oc(C(=O)C(C)C)cc1C(=O)O. The van der Waals surface area contributed by atoms with E-state index in [4.69, 9.17) is 9.52 Å². The Kier molecular flexibility index (Phi) is 2.74. The summed E-state index contributed by atoms with van der Waals surface area (Å²) in [7, 11) is 0. The second-order valence-electron chi connectivity index (χ2n) is 3.40. The summed E-state index contributed by atoms with van der Waals surface area (Å²) in [6.45, 7) is 5.00. The van der Waals surface area contributed by atoms with Gasteiger partial charge in [-0.05, 0) is 6.92 Å². The van der Waals surface area contributed by atoms with E-state index in [0.29, 0.717) is 0 Å². The number of Topliss-reactive ketones (excluding diaryl/α,β-unsaturated/α-hetero) is 1. The van der Waals surface area contributed by atoms with Crippen molar-refractivity contribution in [3.8, 4) is 0 Å². The van der Waals surface area contributed by atoms with Crippen LogP contribution in [0, 0.1) is 12.8 Å². The molecule has 4 nitrogen and oxygen atoms in total. The monoisotopic (exact) mass is 196 g/mol. The summed E-state index contributed by atoms with van der Waals surface area (Å²) < 4.78 is 5.07. The van der Waals surface area contributed by atoms with Crippen LogP contribution in [0.4, 0.5) is 0 Å². The number of carboxylic acid groups (broad SMARTS) is 1. The van der Waals surface area contributed by atoms with Crippen LogP contribution in [0.3, 0.4) is 0 Å². The van der Waals surface area contributed by atoms with Crippen LogP contribution < -0.4 is 0 Å². The molecule has 1 heterocycles. The molecule has 0 bridgehead atoms. The van der Waals surface area contributed by atoms with Gasteiger partial charge in [0.15, 0.2) is 5.76 Å². The molecule has 0 aromatic carbocycles. The van der Waals surface area contributed by atoms with Gasteiger partial charge in [-0.15, -0.1) is 0 Å². The first-order chi connectivity index (χ1) is 6.43. The smallest absolute Gasteiger partial charge is 0.339 e. The molecule has 76 valence electrons. The van der Waals surface area contributed by atoms with Gasteiger partial charge >= 0.3 is 5.97 Å². The Labute approximate surface area is 81.5 Å². The number of aromatic carboxylic acids is 1. The number of furan rings is 1. The topological polar surface area (TPSA) is 67.5 Å². The maximum atomic E-state index is 11.4. The highest BCUT2D eigenvalue weighted by Gasteiger charge is 2.20. The first-order valence-electron chi connectivity index (χ1n) is 4.31. The van der Waals surface area contributed by atoms with Gasteiger partial charge in [0.25, 0.3) is 0 Å². The fourth-order valence-corrected chi connectivity index (χ4v) is 1.10. The van der Waals surface area contributed by atoms with Crippen molar-refractivity contribution < 1.29 is 19.1 Å². The van der Waals surface area contributed by atoms with Crippen molar-refractivity contribution in [2.24, 2.45) is 5.92 Å². The molecule has 0 unspecified atom stereocenters. The van der Waals surface area contributed by atoms with Gasteiger partial charge in [-0.25, -0.2) is 4.79 Å². The van der Waals surface area contributed by atoms with E-state index in [1.807, 2.05) is 0 Å². The molecule has 0 radical (unpaired) electrons. The second-order valence-corrected chi connectivity index (χ2v) is 3.40. The molecule has 0 spiro atoms. The van der Waals surface area contributed by atoms with Crippen molar-refractivity contribution in [3.05, 3.63) is 23.2 Å². The van der Waals surface area contributed by atoms with E-state index in [0.717, 1.165) is 0 Å². The van der Waals surface area contributed by atoms with Crippen LogP contribution in [0.2, 0.25) is 0 Å². The lowest BCUT2D eigenvalue weighted by Gasteiger charge is -1.97. The molecule has 0 aliphatic rings. The molecule has 0 aliphatic heterocycles. The molecule has 0 fully saturated rings. The van der Waals surface area contributed by atoms with Gasteiger partial charge in [0.05, 0.1) is 0 Å². The Morgan fingerprint density at radius 3 is 2.36 bits per heavy atom. The third kappa shape index (κ3) is 1.84. The average Bonchev–Trinajstić information content (AvgIpc) is 2.45. The number of aryl methyl sites for hydroxylation is 1. The Bertz CT molecular complexity index is 373. The van der Waals surface area contributed by atoms with E-state index in [2.05, 4.69) is 0 Å². The number of carbonyl (C=O) groups is 2. The van der Waals surface area contributed by atoms with Crippen molar-refractivity contribution in [1.82, 2.24) is 0 Å². The molecular weight excluding hydrogens is 184 g/mol. The minimum atomic E-state index is -1.07. The largest absolute Gasteiger partial charge is 0.478 e. The van der Waals surface area contributed by atoms with E-state index in [9.17, 15) is 9.59 Å². The van der Waals surface area contributed by atoms with Crippen molar-refractivity contribution in [2.75, 3.05) is 0 Å². The minimum Gasteiger partial charge on any atom is -0.478 e. The van der Waals surface area contributed by atoms with Crippen molar-refractivity contribution in [2.45, 2.75) is 20.8 Å². The molecule has 1 aromatic heterocycles. The summed E-state index contributed by atoms with van der Waals surface area (Å²) in [5, 5.41) is 8.73. The number of rotatable bonds is 3. The molecule has 0 aliphatic carbocycles. The van der Waals surface area contributed by atoms with Gasteiger partial charge in [0, 0.05) is 12.0 Å². The summed E-state index contributed by atoms with van der Waals surface area (Å²) in [4.78, 5) is 22.1. The predicted molar refractivity (Wildman–Crippen MR) is 49.6 cm³/mol. The lowest BCUT2D eigenvalue weighted by Crippen LogP contribution is -2.05. The Morgan fingerprint density at radius 2 is 2.00 bits per heavy atom. The quantitative estimate of drug-likeness (QED) is 0.752. The van der Waals surface area contributed by atoms with Crippen LogP contribution in [0.15, 0.2) is 10.5 Å². The number of carbonyl (C=O) groups excluding carboxylic acids is 1. The van der Waals surface area contributed by atoms with Crippen LogP contribution in [0.25, 0.3) is 0 Å². The highest BCUT2D eigenvalue weighted by Crippen LogP contribution is 2.17. The van der Waals surface area contributed by atoms with Crippen LogP contribution in [0.5, 0.6) is 0 Å². The highest BCUT2D eigenvalue weighted by atomic mass is 16.4.